The lowest BCUT2D eigenvalue weighted by atomic mass is 9.94. The van der Waals surface area contributed by atoms with E-state index in [2.05, 4.69) is 29.7 Å². The van der Waals surface area contributed by atoms with Crippen molar-refractivity contribution in [3.63, 3.8) is 0 Å². The average molecular weight is 286 g/mol. The normalized spacial score (nSPS) is 16.3. The van der Waals surface area contributed by atoms with Gasteiger partial charge in [0.25, 0.3) is 0 Å². The van der Waals surface area contributed by atoms with E-state index in [1.165, 1.54) is 37.9 Å². The highest BCUT2D eigenvalue weighted by Gasteiger charge is 2.18. The third-order valence-electron chi connectivity index (χ3n) is 4.32. The summed E-state index contributed by atoms with van der Waals surface area (Å²) < 4.78 is 5.35. The van der Waals surface area contributed by atoms with E-state index in [1.54, 1.807) is 7.11 Å². The number of ether oxygens (including phenoxy) is 1. The van der Waals surface area contributed by atoms with Crippen molar-refractivity contribution in [3.8, 4) is 17.6 Å². The summed E-state index contributed by atoms with van der Waals surface area (Å²) in [5.41, 5.74) is 7.80. The van der Waals surface area contributed by atoms with Gasteiger partial charge in [-0.05, 0) is 55.6 Å². The summed E-state index contributed by atoms with van der Waals surface area (Å²) in [7, 11) is 1.71. The molecule has 1 aliphatic rings. The fraction of sp³-hybridized carbons (Fsp3) is 0.556. The monoisotopic (exact) mass is 286 g/mol. The van der Waals surface area contributed by atoms with Crippen molar-refractivity contribution in [3.05, 3.63) is 29.3 Å². The maximum atomic E-state index is 5.49. The topological polar surface area (TPSA) is 38.5 Å². The molecule has 0 unspecified atom stereocenters. The number of benzene rings is 1. The molecule has 0 aliphatic carbocycles. The van der Waals surface area contributed by atoms with E-state index in [0.717, 1.165) is 23.8 Å². The molecule has 2 rings (SSSR count). The zero-order valence-corrected chi connectivity index (χ0v) is 13.2. The van der Waals surface area contributed by atoms with Gasteiger partial charge >= 0.3 is 0 Å². The van der Waals surface area contributed by atoms with Crippen molar-refractivity contribution in [1.82, 2.24) is 4.90 Å². The lowest BCUT2D eigenvalue weighted by Crippen LogP contribution is -2.33. The van der Waals surface area contributed by atoms with E-state index in [-0.39, 0.29) is 0 Å². The number of piperidine rings is 1. The van der Waals surface area contributed by atoms with Gasteiger partial charge in [0.05, 0.1) is 13.7 Å². The quantitative estimate of drug-likeness (QED) is 0.865. The van der Waals surface area contributed by atoms with Crippen molar-refractivity contribution >= 4 is 0 Å². The standard InChI is InChI=1S/C18H26N2O/c1-3-15-8-11-20(12-9-15)14-17-13-18(21-2)7-6-16(17)5-4-10-19/h6-7,13,15H,3,8-12,14,19H2,1-2H3. The smallest absolute Gasteiger partial charge is 0.119 e. The largest absolute Gasteiger partial charge is 0.497 e. The van der Waals surface area contributed by atoms with Gasteiger partial charge in [-0.25, -0.2) is 0 Å². The van der Waals surface area contributed by atoms with E-state index in [9.17, 15) is 0 Å². The van der Waals surface area contributed by atoms with Crippen LogP contribution in [0, 0.1) is 17.8 Å². The van der Waals surface area contributed by atoms with Crippen LogP contribution in [0.4, 0.5) is 0 Å². The molecule has 0 saturated carbocycles. The van der Waals surface area contributed by atoms with Crippen LogP contribution in [0.25, 0.3) is 0 Å². The predicted molar refractivity (Wildman–Crippen MR) is 87.2 cm³/mol. The number of hydrogen-bond donors (Lipinski definition) is 1. The molecule has 3 heteroatoms. The van der Waals surface area contributed by atoms with Gasteiger partial charge in [0.2, 0.25) is 0 Å². The molecule has 0 radical (unpaired) electrons. The molecule has 114 valence electrons. The van der Waals surface area contributed by atoms with Gasteiger partial charge in [0, 0.05) is 12.1 Å². The van der Waals surface area contributed by atoms with Crippen LogP contribution in [0.2, 0.25) is 0 Å². The number of hydrogen-bond acceptors (Lipinski definition) is 3. The highest BCUT2D eigenvalue weighted by molar-refractivity contribution is 5.45. The van der Waals surface area contributed by atoms with Crippen LogP contribution < -0.4 is 10.5 Å². The maximum Gasteiger partial charge on any atom is 0.119 e. The molecule has 0 atom stereocenters. The summed E-state index contributed by atoms with van der Waals surface area (Å²) in [5.74, 6) is 7.93. The highest BCUT2D eigenvalue weighted by Crippen LogP contribution is 2.24. The first-order valence-corrected chi connectivity index (χ1v) is 7.85. The average Bonchev–Trinajstić information content (AvgIpc) is 2.54. The van der Waals surface area contributed by atoms with E-state index in [0.29, 0.717) is 6.54 Å². The molecule has 1 fully saturated rings. The minimum Gasteiger partial charge on any atom is -0.497 e. The van der Waals surface area contributed by atoms with Crippen LogP contribution in [0.1, 0.15) is 37.3 Å². The fourth-order valence-corrected chi connectivity index (χ4v) is 2.89. The SMILES string of the molecule is CCC1CCN(Cc2cc(OC)ccc2C#CCN)CC1. The number of nitrogens with two attached hydrogens (primary N) is 1. The van der Waals surface area contributed by atoms with Crippen LogP contribution in [-0.4, -0.2) is 31.6 Å². The molecular weight excluding hydrogens is 260 g/mol. The Balaban J connectivity index is 2.10. The third-order valence-corrected chi connectivity index (χ3v) is 4.32. The van der Waals surface area contributed by atoms with Crippen LogP contribution in [0.5, 0.6) is 5.75 Å². The Labute approximate surface area is 128 Å². The predicted octanol–water partition coefficient (Wildman–Crippen LogP) is 2.63. The molecule has 1 aliphatic heterocycles. The number of rotatable bonds is 4. The Kier molecular flexibility index (Phi) is 6.10. The highest BCUT2D eigenvalue weighted by atomic mass is 16.5. The van der Waals surface area contributed by atoms with Crippen LogP contribution >= 0.6 is 0 Å². The van der Waals surface area contributed by atoms with Gasteiger partial charge in [0.15, 0.2) is 0 Å². The molecule has 1 aromatic carbocycles. The van der Waals surface area contributed by atoms with E-state index in [1.807, 2.05) is 12.1 Å². The third kappa shape index (κ3) is 4.49. The number of nitrogens with zero attached hydrogens (tertiary/aromatic N) is 1. The zero-order valence-electron chi connectivity index (χ0n) is 13.2. The van der Waals surface area contributed by atoms with Gasteiger partial charge < -0.3 is 10.5 Å². The Hall–Kier alpha value is -1.50. The van der Waals surface area contributed by atoms with E-state index < -0.39 is 0 Å². The first kappa shape index (κ1) is 15.9. The maximum absolute atomic E-state index is 5.49. The molecule has 0 aromatic heterocycles. The second-order valence-electron chi connectivity index (χ2n) is 5.66. The molecule has 0 amide bonds. The Morgan fingerprint density at radius 1 is 1.33 bits per heavy atom. The van der Waals surface area contributed by atoms with Gasteiger partial charge in [-0.15, -0.1) is 0 Å². The van der Waals surface area contributed by atoms with Crippen molar-refractivity contribution in [1.29, 1.82) is 0 Å². The van der Waals surface area contributed by atoms with Crippen molar-refractivity contribution < 1.29 is 4.74 Å². The second kappa shape index (κ2) is 8.07. The molecule has 1 heterocycles. The zero-order chi connectivity index (χ0) is 15.1. The number of likely N-dealkylation sites (tertiary alicyclic amines) is 1. The Morgan fingerprint density at radius 2 is 2.10 bits per heavy atom. The molecule has 1 saturated heterocycles. The van der Waals surface area contributed by atoms with Crippen LogP contribution in [0.3, 0.4) is 0 Å². The Bertz CT molecular complexity index is 508. The molecule has 0 bridgehead atoms. The van der Waals surface area contributed by atoms with Crippen LogP contribution in [-0.2, 0) is 6.54 Å². The second-order valence-corrected chi connectivity index (χ2v) is 5.66. The summed E-state index contributed by atoms with van der Waals surface area (Å²) in [6.45, 7) is 6.00. The molecule has 0 spiro atoms. The van der Waals surface area contributed by atoms with Crippen LogP contribution in [0.15, 0.2) is 18.2 Å². The van der Waals surface area contributed by atoms with Crippen molar-refractivity contribution in [2.24, 2.45) is 11.7 Å². The van der Waals surface area contributed by atoms with Gasteiger partial charge in [0.1, 0.15) is 5.75 Å². The van der Waals surface area contributed by atoms with Crippen molar-refractivity contribution in [2.75, 3.05) is 26.7 Å². The summed E-state index contributed by atoms with van der Waals surface area (Å²) in [4.78, 5) is 2.52. The van der Waals surface area contributed by atoms with Gasteiger partial charge in [-0.3, -0.25) is 4.90 Å². The molecular formula is C18H26N2O. The summed E-state index contributed by atoms with van der Waals surface area (Å²) in [6.07, 6.45) is 3.93. The van der Waals surface area contributed by atoms with E-state index in [4.69, 9.17) is 10.5 Å². The minimum atomic E-state index is 0.396. The molecule has 21 heavy (non-hydrogen) atoms. The minimum absolute atomic E-state index is 0.396. The lowest BCUT2D eigenvalue weighted by Gasteiger charge is -2.31. The summed E-state index contributed by atoms with van der Waals surface area (Å²) in [6, 6.07) is 6.11. The first-order chi connectivity index (χ1) is 10.3. The molecule has 1 aromatic rings. The molecule has 2 N–H and O–H groups in total. The summed E-state index contributed by atoms with van der Waals surface area (Å²) in [5, 5.41) is 0. The molecule has 3 nitrogen and oxygen atoms in total. The number of methoxy groups -OCH3 is 1. The summed E-state index contributed by atoms with van der Waals surface area (Å²) >= 11 is 0. The first-order valence-electron chi connectivity index (χ1n) is 7.85. The Morgan fingerprint density at radius 3 is 2.71 bits per heavy atom. The fourth-order valence-electron chi connectivity index (χ4n) is 2.89. The van der Waals surface area contributed by atoms with Gasteiger partial charge in [-0.2, -0.15) is 0 Å². The van der Waals surface area contributed by atoms with Crippen molar-refractivity contribution in [2.45, 2.75) is 32.7 Å². The van der Waals surface area contributed by atoms with Gasteiger partial charge in [-0.1, -0.05) is 25.2 Å². The lowest BCUT2D eigenvalue weighted by molar-refractivity contribution is 0.175. The van der Waals surface area contributed by atoms with E-state index >= 15 is 0 Å².